The average Bonchev–Trinajstić information content (AvgIpc) is 3.40. The highest BCUT2D eigenvalue weighted by atomic mass is 32.2. The minimum Gasteiger partial charge on any atom is -0.497 e. The molecule has 1 aliphatic rings. The van der Waals surface area contributed by atoms with E-state index >= 15 is 0 Å². The van der Waals surface area contributed by atoms with Crippen LogP contribution in [0, 0.1) is 0 Å². The molecule has 0 N–H and O–H groups in total. The van der Waals surface area contributed by atoms with E-state index in [2.05, 4.69) is 4.98 Å². The molecule has 0 radical (unpaired) electrons. The summed E-state index contributed by atoms with van der Waals surface area (Å²) in [7, 11) is -5.77. The molecule has 1 aromatic heterocycles. The van der Waals surface area contributed by atoms with Gasteiger partial charge in [0.25, 0.3) is 10.0 Å². The van der Waals surface area contributed by atoms with E-state index < -0.39 is 25.9 Å². The number of hydrogen-bond acceptors (Lipinski definition) is 7. The van der Waals surface area contributed by atoms with Gasteiger partial charge in [-0.2, -0.15) is 4.31 Å². The third-order valence-corrected chi connectivity index (χ3v) is 9.83. The smallest absolute Gasteiger partial charge is 0.262 e. The SMILES string of the molecule is COc1ccc(CN(C2CCS(=O)(=O)C2)S(=O)(=O)c2ncsc2-c2ccccc2)cc1. The van der Waals surface area contributed by atoms with Crippen LogP contribution >= 0.6 is 11.3 Å². The summed E-state index contributed by atoms with van der Waals surface area (Å²) in [6.45, 7) is 0.0538. The maximum absolute atomic E-state index is 13.8. The summed E-state index contributed by atoms with van der Waals surface area (Å²) in [5.41, 5.74) is 3.00. The molecule has 2 heterocycles. The lowest BCUT2D eigenvalue weighted by Gasteiger charge is -2.27. The Balaban J connectivity index is 1.75. The van der Waals surface area contributed by atoms with Crippen molar-refractivity contribution in [3.8, 4) is 16.2 Å². The number of aromatic nitrogens is 1. The zero-order valence-electron chi connectivity index (χ0n) is 16.8. The van der Waals surface area contributed by atoms with E-state index in [4.69, 9.17) is 4.74 Å². The van der Waals surface area contributed by atoms with Gasteiger partial charge in [0.1, 0.15) is 5.75 Å². The first kappa shape index (κ1) is 21.9. The van der Waals surface area contributed by atoms with E-state index in [9.17, 15) is 16.8 Å². The van der Waals surface area contributed by atoms with Crippen molar-refractivity contribution in [3.63, 3.8) is 0 Å². The largest absolute Gasteiger partial charge is 0.497 e. The molecule has 1 unspecified atom stereocenters. The van der Waals surface area contributed by atoms with Crippen molar-refractivity contribution in [2.24, 2.45) is 0 Å². The van der Waals surface area contributed by atoms with Gasteiger partial charge in [-0.15, -0.1) is 11.3 Å². The summed E-state index contributed by atoms with van der Waals surface area (Å²) >= 11 is 1.25. The maximum atomic E-state index is 13.8. The molecule has 7 nitrogen and oxygen atoms in total. The van der Waals surface area contributed by atoms with Gasteiger partial charge < -0.3 is 4.74 Å². The van der Waals surface area contributed by atoms with Gasteiger partial charge in [0.2, 0.25) is 0 Å². The van der Waals surface area contributed by atoms with Crippen LogP contribution in [0.3, 0.4) is 0 Å². The minimum atomic E-state index is -4.05. The summed E-state index contributed by atoms with van der Waals surface area (Å²) in [4.78, 5) is 4.72. The fraction of sp³-hybridized carbons (Fsp3) is 0.286. The molecule has 10 heteroatoms. The summed E-state index contributed by atoms with van der Waals surface area (Å²) in [5, 5.41) is -0.0403. The number of sulfone groups is 1. The Morgan fingerprint density at radius 2 is 1.84 bits per heavy atom. The second kappa shape index (κ2) is 8.70. The number of ether oxygens (including phenoxy) is 1. The first-order valence-electron chi connectivity index (χ1n) is 9.64. The van der Waals surface area contributed by atoms with E-state index in [1.165, 1.54) is 21.2 Å². The van der Waals surface area contributed by atoms with Gasteiger partial charge >= 0.3 is 0 Å². The van der Waals surface area contributed by atoms with Crippen LogP contribution in [0.1, 0.15) is 12.0 Å². The van der Waals surface area contributed by atoms with Crippen molar-refractivity contribution < 1.29 is 21.6 Å². The molecule has 164 valence electrons. The molecule has 3 aromatic rings. The Hall–Kier alpha value is -2.27. The molecule has 0 spiro atoms. The summed E-state index contributed by atoms with van der Waals surface area (Å²) in [5.74, 6) is 0.453. The maximum Gasteiger partial charge on any atom is 0.262 e. The van der Waals surface area contributed by atoms with Crippen LogP contribution in [0.4, 0.5) is 0 Å². The summed E-state index contributed by atoms with van der Waals surface area (Å²) in [6, 6.07) is 15.6. The van der Waals surface area contributed by atoms with E-state index in [0.717, 1.165) is 11.1 Å². The summed E-state index contributed by atoms with van der Waals surface area (Å²) < 4.78 is 58.3. The molecule has 1 fully saturated rings. The van der Waals surface area contributed by atoms with Crippen molar-refractivity contribution in [2.75, 3.05) is 18.6 Å². The highest BCUT2D eigenvalue weighted by Gasteiger charge is 2.40. The van der Waals surface area contributed by atoms with E-state index in [1.807, 2.05) is 30.3 Å². The van der Waals surface area contributed by atoms with E-state index in [1.54, 1.807) is 31.4 Å². The van der Waals surface area contributed by atoms with Crippen molar-refractivity contribution in [2.45, 2.75) is 24.0 Å². The van der Waals surface area contributed by atoms with Crippen molar-refractivity contribution in [1.82, 2.24) is 9.29 Å². The second-order valence-electron chi connectivity index (χ2n) is 7.31. The van der Waals surface area contributed by atoms with E-state index in [0.29, 0.717) is 10.6 Å². The third kappa shape index (κ3) is 4.67. The van der Waals surface area contributed by atoms with Gasteiger partial charge in [0.05, 0.1) is 29.0 Å². The lowest BCUT2D eigenvalue weighted by molar-refractivity contribution is 0.333. The quantitative estimate of drug-likeness (QED) is 0.518. The van der Waals surface area contributed by atoms with Crippen molar-refractivity contribution in [3.05, 3.63) is 65.7 Å². The highest BCUT2D eigenvalue weighted by Crippen LogP contribution is 2.35. The van der Waals surface area contributed by atoms with Gasteiger partial charge in [0, 0.05) is 12.6 Å². The molecule has 0 amide bonds. The number of hydrogen-bond donors (Lipinski definition) is 0. The fourth-order valence-electron chi connectivity index (χ4n) is 3.64. The predicted molar refractivity (Wildman–Crippen MR) is 120 cm³/mol. The Bertz CT molecular complexity index is 1250. The van der Waals surface area contributed by atoms with Gasteiger partial charge in [-0.25, -0.2) is 21.8 Å². The lowest BCUT2D eigenvalue weighted by Crippen LogP contribution is -2.40. The van der Waals surface area contributed by atoms with Crippen LogP contribution < -0.4 is 4.74 Å². The Morgan fingerprint density at radius 1 is 1.13 bits per heavy atom. The number of benzene rings is 2. The first-order chi connectivity index (χ1) is 14.8. The topological polar surface area (TPSA) is 93.6 Å². The molecule has 2 aromatic carbocycles. The van der Waals surface area contributed by atoms with Crippen molar-refractivity contribution in [1.29, 1.82) is 0 Å². The predicted octanol–water partition coefficient (Wildman–Crippen LogP) is 3.20. The number of methoxy groups -OCH3 is 1. The zero-order chi connectivity index (χ0) is 22.1. The average molecular weight is 479 g/mol. The van der Waals surface area contributed by atoms with Gasteiger partial charge in [-0.3, -0.25) is 0 Å². The molecule has 0 aliphatic carbocycles. The van der Waals surface area contributed by atoms with Crippen LogP contribution in [0.5, 0.6) is 5.75 Å². The molecular weight excluding hydrogens is 456 g/mol. The van der Waals surface area contributed by atoms with E-state index in [-0.39, 0.29) is 29.5 Å². The molecule has 0 saturated carbocycles. The molecule has 31 heavy (non-hydrogen) atoms. The Labute approximate surface area is 186 Å². The normalized spacial score (nSPS) is 18.3. The highest BCUT2D eigenvalue weighted by molar-refractivity contribution is 7.92. The number of sulfonamides is 1. The standard InChI is InChI=1S/C21H22N2O5S3/c1-28-19-9-7-16(8-10-19)13-23(18-11-12-30(24,25)14-18)31(26,27)21-20(29-15-22-21)17-5-3-2-4-6-17/h2-10,15,18H,11-14H2,1H3. The molecule has 1 saturated heterocycles. The number of rotatable bonds is 7. The summed E-state index contributed by atoms with van der Waals surface area (Å²) in [6.07, 6.45) is 0.266. The zero-order valence-corrected chi connectivity index (χ0v) is 19.3. The van der Waals surface area contributed by atoms with Crippen LogP contribution in [-0.4, -0.2) is 50.8 Å². The van der Waals surface area contributed by atoms with Crippen LogP contribution in [0.25, 0.3) is 10.4 Å². The second-order valence-corrected chi connectivity index (χ2v) is 12.2. The fourth-order valence-corrected chi connectivity index (χ4v) is 8.33. The van der Waals surface area contributed by atoms with Gasteiger partial charge in [-0.1, -0.05) is 42.5 Å². The number of nitrogens with zero attached hydrogens (tertiary/aromatic N) is 2. The molecule has 1 atom stereocenters. The monoisotopic (exact) mass is 478 g/mol. The Morgan fingerprint density at radius 3 is 2.45 bits per heavy atom. The first-order valence-corrected chi connectivity index (χ1v) is 13.8. The molecular formula is C21H22N2O5S3. The molecule has 4 rings (SSSR count). The Kier molecular flexibility index (Phi) is 6.16. The minimum absolute atomic E-state index is 0.0189. The van der Waals surface area contributed by atoms with Gasteiger partial charge in [-0.05, 0) is 29.7 Å². The molecule has 1 aliphatic heterocycles. The number of thiazole rings is 1. The lowest BCUT2D eigenvalue weighted by atomic mass is 10.2. The van der Waals surface area contributed by atoms with Crippen LogP contribution in [-0.2, 0) is 26.4 Å². The van der Waals surface area contributed by atoms with Gasteiger partial charge in [0.15, 0.2) is 14.9 Å². The van der Waals surface area contributed by atoms with Crippen LogP contribution in [0.2, 0.25) is 0 Å². The third-order valence-electron chi connectivity index (χ3n) is 5.24. The van der Waals surface area contributed by atoms with Crippen molar-refractivity contribution >= 4 is 31.2 Å². The van der Waals surface area contributed by atoms with Crippen LogP contribution in [0.15, 0.2) is 65.1 Å². The molecule has 0 bridgehead atoms.